The van der Waals surface area contributed by atoms with Gasteiger partial charge < -0.3 is 4.90 Å². The Morgan fingerprint density at radius 3 is 1.93 bits per heavy atom. The molecule has 4 heteroatoms. The van der Waals surface area contributed by atoms with Crippen LogP contribution < -0.4 is 4.90 Å². The number of rotatable bonds is 4. The van der Waals surface area contributed by atoms with Crippen LogP contribution in [-0.4, -0.2) is 30.8 Å². The zero-order valence-electron chi connectivity index (χ0n) is 16.3. The summed E-state index contributed by atoms with van der Waals surface area (Å²) in [5, 5.41) is 8.51. The number of aliphatic imine (C=N–C) groups is 1. The van der Waals surface area contributed by atoms with E-state index in [-0.39, 0.29) is 5.91 Å². The first kappa shape index (κ1) is 18.0. The van der Waals surface area contributed by atoms with Gasteiger partial charge in [-0.05, 0) is 68.2 Å². The molecular formula is C25H20N2OS. The molecule has 5 rings (SSSR count). The van der Waals surface area contributed by atoms with Crippen molar-refractivity contribution in [2.45, 2.75) is 0 Å². The fraction of sp³-hybridized carbons (Fsp3) is 0.120. The Balaban J connectivity index is 1.55. The second-order valence-electron chi connectivity index (χ2n) is 7.49. The molecule has 4 aromatic rings. The van der Waals surface area contributed by atoms with Crippen molar-refractivity contribution in [1.29, 1.82) is 0 Å². The molecule has 0 fully saturated rings. The smallest absolute Gasteiger partial charge is 0.257 e. The van der Waals surface area contributed by atoms with Gasteiger partial charge in [-0.3, -0.25) is 4.79 Å². The first-order valence-corrected chi connectivity index (χ1v) is 10.6. The lowest BCUT2D eigenvalue weighted by Crippen LogP contribution is -2.08. The summed E-state index contributed by atoms with van der Waals surface area (Å²) in [6.07, 6.45) is 7.93. The molecule has 0 radical (unpaired) electrons. The Hall–Kier alpha value is -3.11. The molecule has 1 aliphatic rings. The summed E-state index contributed by atoms with van der Waals surface area (Å²) in [6.45, 7) is 0. The van der Waals surface area contributed by atoms with Crippen molar-refractivity contribution in [3.8, 4) is 0 Å². The minimum absolute atomic E-state index is 0.0525. The van der Waals surface area contributed by atoms with Crippen LogP contribution in [0.1, 0.15) is 5.56 Å². The van der Waals surface area contributed by atoms with Crippen LogP contribution in [0.3, 0.4) is 0 Å². The zero-order chi connectivity index (χ0) is 20.0. The number of benzene rings is 4. The lowest BCUT2D eigenvalue weighted by molar-refractivity contribution is -0.115. The van der Waals surface area contributed by atoms with Crippen LogP contribution in [-0.2, 0) is 4.79 Å². The van der Waals surface area contributed by atoms with Crippen molar-refractivity contribution in [1.82, 2.24) is 0 Å². The normalized spacial score (nSPS) is 15.0. The van der Waals surface area contributed by atoms with E-state index in [1.165, 1.54) is 49.8 Å². The fourth-order valence-corrected chi connectivity index (χ4v) is 4.59. The molecule has 142 valence electrons. The lowest BCUT2D eigenvalue weighted by atomic mass is 9.92. The van der Waals surface area contributed by atoms with Gasteiger partial charge in [-0.1, -0.05) is 54.3 Å². The number of thioether (sulfide) groups is 1. The van der Waals surface area contributed by atoms with Crippen molar-refractivity contribution in [3.63, 3.8) is 0 Å². The predicted molar refractivity (Wildman–Crippen MR) is 128 cm³/mol. The Kier molecular flexibility index (Phi) is 4.36. The minimum Gasteiger partial charge on any atom is -0.378 e. The predicted octanol–water partition coefficient (Wildman–Crippen LogP) is 5.89. The highest BCUT2D eigenvalue weighted by Crippen LogP contribution is 2.37. The Labute approximate surface area is 173 Å². The van der Waals surface area contributed by atoms with Gasteiger partial charge in [0.25, 0.3) is 5.91 Å². The highest BCUT2D eigenvalue weighted by atomic mass is 32.2. The molecule has 1 amide bonds. The number of carbonyl (C=O) groups excluding carboxylic acids is 1. The summed E-state index contributed by atoms with van der Waals surface area (Å²) >= 11 is 1.48. The third-order valence-corrected chi connectivity index (χ3v) is 6.19. The van der Waals surface area contributed by atoms with Crippen LogP contribution in [0.2, 0.25) is 0 Å². The van der Waals surface area contributed by atoms with Crippen molar-refractivity contribution >= 4 is 66.8 Å². The van der Waals surface area contributed by atoms with Crippen molar-refractivity contribution in [3.05, 3.63) is 72.3 Å². The van der Waals surface area contributed by atoms with E-state index in [0.29, 0.717) is 5.75 Å². The van der Waals surface area contributed by atoms with Gasteiger partial charge in [0.15, 0.2) is 0 Å². The number of hydrogen-bond acceptors (Lipinski definition) is 3. The van der Waals surface area contributed by atoms with Gasteiger partial charge in [-0.25, -0.2) is 4.99 Å². The van der Waals surface area contributed by atoms with E-state index in [1.54, 1.807) is 0 Å². The summed E-state index contributed by atoms with van der Waals surface area (Å²) in [6, 6.07) is 17.8. The number of carbonyl (C=O) groups is 1. The largest absolute Gasteiger partial charge is 0.378 e. The Morgan fingerprint density at radius 1 is 0.862 bits per heavy atom. The summed E-state index contributed by atoms with van der Waals surface area (Å²) in [5.41, 5.74) is 2.38. The molecule has 0 aromatic heterocycles. The number of nitrogens with zero attached hydrogens (tertiary/aromatic N) is 2. The number of amides is 1. The molecule has 0 unspecified atom stereocenters. The molecule has 3 nitrogen and oxygen atoms in total. The van der Waals surface area contributed by atoms with E-state index >= 15 is 0 Å². The fourth-order valence-electron chi connectivity index (χ4n) is 3.91. The van der Waals surface area contributed by atoms with E-state index in [4.69, 9.17) is 0 Å². The molecule has 1 aliphatic heterocycles. The van der Waals surface area contributed by atoms with E-state index in [2.05, 4.69) is 78.6 Å². The average molecular weight is 397 g/mol. The van der Waals surface area contributed by atoms with Crippen molar-refractivity contribution in [2.24, 2.45) is 4.99 Å². The maximum atomic E-state index is 11.2. The first-order chi connectivity index (χ1) is 14.1. The van der Waals surface area contributed by atoms with Crippen LogP contribution in [0.4, 0.5) is 5.69 Å². The zero-order valence-corrected chi connectivity index (χ0v) is 17.2. The summed E-state index contributed by atoms with van der Waals surface area (Å²) in [4.78, 5) is 17.3. The molecule has 0 aliphatic carbocycles. The van der Waals surface area contributed by atoms with Crippen LogP contribution in [0.25, 0.3) is 38.4 Å². The van der Waals surface area contributed by atoms with E-state index in [9.17, 15) is 4.79 Å². The first-order valence-electron chi connectivity index (χ1n) is 9.57. The van der Waals surface area contributed by atoms with E-state index < -0.39 is 0 Å². The molecule has 0 saturated heterocycles. The molecule has 0 N–H and O–H groups in total. The van der Waals surface area contributed by atoms with E-state index in [0.717, 1.165) is 10.6 Å². The van der Waals surface area contributed by atoms with Crippen molar-refractivity contribution in [2.75, 3.05) is 24.7 Å². The second-order valence-corrected chi connectivity index (χ2v) is 8.48. The second kappa shape index (κ2) is 7.05. The summed E-state index contributed by atoms with van der Waals surface area (Å²) < 4.78 is 0. The van der Waals surface area contributed by atoms with Crippen LogP contribution in [0.15, 0.2) is 71.8 Å². The molecule has 29 heavy (non-hydrogen) atoms. The lowest BCUT2D eigenvalue weighted by Gasteiger charge is -2.17. The van der Waals surface area contributed by atoms with Gasteiger partial charge in [-0.15, -0.1) is 0 Å². The van der Waals surface area contributed by atoms with Crippen LogP contribution in [0, 0.1) is 0 Å². The highest BCUT2D eigenvalue weighted by molar-refractivity contribution is 8.15. The number of anilines is 1. The van der Waals surface area contributed by atoms with Gasteiger partial charge in [0.2, 0.25) is 0 Å². The van der Waals surface area contributed by atoms with Crippen molar-refractivity contribution < 1.29 is 4.79 Å². The monoisotopic (exact) mass is 396 g/mol. The quantitative estimate of drug-likeness (QED) is 0.318. The average Bonchev–Trinajstić information content (AvgIpc) is 3.14. The number of allylic oxidation sites excluding steroid dienone is 2. The number of hydrogen-bond donors (Lipinski definition) is 0. The molecule has 4 aromatic carbocycles. The molecule has 1 heterocycles. The van der Waals surface area contributed by atoms with E-state index in [1.807, 2.05) is 18.2 Å². The molecule has 0 spiro atoms. The molecular weight excluding hydrogens is 376 g/mol. The molecule has 0 atom stereocenters. The van der Waals surface area contributed by atoms with Gasteiger partial charge in [-0.2, -0.15) is 0 Å². The Morgan fingerprint density at radius 2 is 1.41 bits per heavy atom. The summed E-state index contributed by atoms with van der Waals surface area (Å²) in [5.74, 6) is 0.402. The van der Waals surface area contributed by atoms with Gasteiger partial charge >= 0.3 is 0 Å². The third-order valence-electron chi connectivity index (χ3n) is 5.27. The van der Waals surface area contributed by atoms with Crippen LogP contribution in [0.5, 0.6) is 0 Å². The minimum atomic E-state index is -0.0525. The Bertz CT molecular complexity index is 1280. The molecule has 0 bridgehead atoms. The van der Waals surface area contributed by atoms with Gasteiger partial charge in [0, 0.05) is 19.8 Å². The van der Waals surface area contributed by atoms with Gasteiger partial charge in [0.05, 0.1) is 5.75 Å². The maximum Gasteiger partial charge on any atom is 0.257 e. The topological polar surface area (TPSA) is 32.7 Å². The highest BCUT2D eigenvalue weighted by Gasteiger charge is 2.12. The third kappa shape index (κ3) is 3.30. The maximum absolute atomic E-state index is 11.2. The molecule has 0 saturated carbocycles. The SMILES string of the molecule is CN(C)c1cc2ccc3cc(/C=C/C=C/C4=NC(=O)CS4)cc4ccc(c1)c2c34. The standard InChI is InChI=1S/C25H20N2OS/c1-27(2)21-13-19-9-7-17-11-16(5-3-4-6-23-26-22(28)15-29-23)12-18-8-10-20(14-21)25(19)24(17)18/h3-14H,15H2,1-2H3/b5-3+,6-4+. The van der Waals surface area contributed by atoms with Crippen LogP contribution >= 0.6 is 11.8 Å². The summed E-state index contributed by atoms with van der Waals surface area (Å²) in [7, 11) is 4.16. The van der Waals surface area contributed by atoms with Gasteiger partial charge in [0.1, 0.15) is 5.04 Å².